The van der Waals surface area contributed by atoms with Gasteiger partial charge in [0.15, 0.2) is 0 Å². The van der Waals surface area contributed by atoms with Gasteiger partial charge in [-0.3, -0.25) is 0 Å². The molecule has 1 unspecified atom stereocenters. The molecule has 0 spiro atoms. The second-order valence-electron chi connectivity index (χ2n) is 6.33. The zero-order valence-corrected chi connectivity index (χ0v) is 16.8. The van der Waals surface area contributed by atoms with E-state index in [1.165, 1.54) is 20.4 Å². The summed E-state index contributed by atoms with van der Waals surface area (Å²) < 4.78 is 1.34. The Morgan fingerprint density at radius 1 is 0.917 bits per heavy atom. The van der Waals surface area contributed by atoms with E-state index in [0.29, 0.717) is 12.0 Å². The SMILES string of the molecule is C[C@H](C1C=CC(P(c2ccccc2)c2ccccc2)=C1Br)N(C)C. The zero-order chi connectivity index (χ0) is 17.1. The number of hydrogen-bond donors (Lipinski definition) is 0. The average Bonchev–Trinajstić information content (AvgIpc) is 2.98. The summed E-state index contributed by atoms with van der Waals surface area (Å²) in [7, 11) is 3.76. The van der Waals surface area contributed by atoms with Crippen molar-refractivity contribution in [3.8, 4) is 0 Å². The summed E-state index contributed by atoms with van der Waals surface area (Å²) in [5.41, 5.74) is 0. The quantitative estimate of drug-likeness (QED) is 0.648. The predicted molar refractivity (Wildman–Crippen MR) is 111 cm³/mol. The second-order valence-corrected chi connectivity index (χ2v) is 9.37. The van der Waals surface area contributed by atoms with Crippen LogP contribution in [-0.4, -0.2) is 25.0 Å². The van der Waals surface area contributed by atoms with E-state index >= 15 is 0 Å². The number of hydrogen-bond acceptors (Lipinski definition) is 1. The standard InChI is InChI=1S/C21H23BrNP/c1-16(23(2)3)19-14-15-20(21(19)22)24(17-10-6-4-7-11-17)18-12-8-5-9-13-18/h4-16,19H,1-3H3/t16-,19?/m1/s1. The van der Waals surface area contributed by atoms with Crippen molar-refractivity contribution in [2.24, 2.45) is 5.92 Å². The lowest BCUT2D eigenvalue weighted by Crippen LogP contribution is -2.31. The van der Waals surface area contributed by atoms with Gasteiger partial charge in [-0.1, -0.05) is 88.7 Å². The lowest BCUT2D eigenvalue weighted by molar-refractivity contribution is 0.281. The first-order valence-corrected chi connectivity index (χ1v) is 10.4. The molecule has 124 valence electrons. The third kappa shape index (κ3) is 3.57. The molecule has 0 aromatic heterocycles. The van der Waals surface area contributed by atoms with Crippen molar-refractivity contribution in [2.75, 3.05) is 14.1 Å². The topological polar surface area (TPSA) is 3.24 Å². The van der Waals surface area contributed by atoms with E-state index in [-0.39, 0.29) is 0 Å². The highest BCUT2D eigenvalue weighted by Gasteiger charge is 2.30. The Balaban J connectivity index is 2.06. The van der Waals surface area contributed by atoms with Crippen LogP contribution in [0.1, 0.15) is 6.92 Å². The van der Waals surface area contributed by atoms with E-state index in [4.69, 9.17) is 0 Å². The fourth-order valence-corrected chi connectivity index (χ4v) is 6.58. The Hall–Kier alpha value is -1.21. The van der Waals surface area contributed by atoms with Crippen LogP contribution in [0.5, 0.6) is 0 Å². The maximum absolute atomic E-state index is 3.94. The van der Waals surface area contributed by atoms with Crippen LogP contribution < -0.4 is 10.6 Å². The van der Waals surface area contributed by atoms with E-state index in [0.717, 1.165) is 0 Å². The van der Waals surface area contributed by atoms with E-state index in [1.54, 1.807) is 0 Å². The molecule has 0 radical (unpaired) electrons. The third-order valence-electron chi connectivity index (χ3n) is 4.60. The van der Waals surface area contributed by atoms with Gasteiger partial charge in [0.1, 0.15) is 0 Å². The molecule has 2 atom stereocenters. The fraction of sp³-hybridized carbons (Fsp3) is 0.238. The van der Waals surface area contributed by atoms with Gasteiger partial charge in [0.2, 0.25) is 0 Å². The second kappa shape index (κ2) is 7.78. The molecular weight excluding hydrogens is 377 g/mol. The number of allylic oxidation sites excluding steroid dienone is 2. The molecule has 1 aliphatic rings. The third-order valence-corrected chi connectivity index (χ3v) is 8.37. The highest BCUT2D eigenvalue weighted by molar-refractivity contribution is 9.11. The Morgan fingerprint density at radius 3 is 1.88 bits per heavy atom. The maximum Gasteiger partial charge on any atom is 0.0247 e. The Bertz CT molecular complexity index is 697. The van der Waals surface area contributed by atoms with Crippen LogP contribution in [0.4, 0.5) is 0 Å². The molecule has 0 aliphatic heterocycles. The monoisotopic (exact) mass is 399 g/mol. The minimum Gasteiger partial charge on any atom is -0.306 e. The van der Waals surface area contributed by atoms with Crippen LogP contribution in [-0.2, 0) is 0 Å². The zero-order valence-electron chi connectivity index (χ0n) is 14.4. The predicted octanol–water partition coefficient (Wildman–Crippen LogP) is 4.86. The van der Waals surface area contributed by atoms with Gasteiger partial charge in [-0.15, -0.1) is 0 Å². The van der Waals surface area contributed by atoms with Crippen molar-refractivity contribution in [3.05, 3.63) is 82.6 Å². The van der Waals surface area contributed by atoms with Crippen molar-refractivity contribution < 1.29 is 0 Å². The summed E-state index contributed by atoms with van der Waals surface area (Å²) in [6, 6.07) is 22.2. The van der Waals surface area contributed by atoms with Gasteiger partial charge in [-0.2, -0.15) is 0 Å². The molecule has 3 heteroatoms. The first-order chi connectivity index (χ1) is 11.6. The summed E-state index contributed by atoms with van der Waals surface area (Å²) in [6.45, 7) is 2.28. The summed E-state index contributed by atoms with van der Waals surface area (Å²) in [6.07, 6.45) is 4.69. The molecule has 24 heavy (non-hydrogen) atoms. The summed E-state index contributed by atoms with van der Waals surface area (Å²) in [4.78, 5) is 2.28. The first-order valence-electron chi connectivity index (χ1n) is 8.24. The largest absolute Gasteiger partial charge is 0.306 e. The molecule has 0 heterocycles. The molecule has 2 aromatic carbocycles. The van der Waals surface area contributed by atoms with Crippen LogP contribution >= 0.6 is 23.9 Å². The molecule has 0 amide bonds. The van der Waals surface area contributed by atoms with E-state index in [2.05, 4.69) is 115 Å². The molecule has 0 bridgehead atoms. The van der Waals surface area contributed by atoms with Gasteiger partial charge in [-0.05, 0) is 44.9 Å². The van der Waals surface area contributed by atoms with E-state index in [1.807, 2.05) is 0 Å². The lowest BCUT2D eigenvalue weighted by atomic mass is 10.0. The summed E-state index contributed by atoms with van der Waals surface area (Å²) in [5, 5.41) is 4.23. The van der Waals surface area contributed by atoms with Crippen molar-refractivity contribution in [1.29, 1.82) is 0 Å². The van der Waals surface area contributed by atoms with Gasteiger partial charge in [0.25, 0.3) is 0 Å². The molecule has 0 fully saturated rings. The van der Waals surface area contributed by atoms with Gasteiger partial charge >= 0.3 is 0 Å². The Labute approximate surface area is 155 Å². The van der Waals surface area contributed by atoms with Gasteiger partial charge in [0.05, 0.1) is 0 Å². The summed E-state index contributed by atoms with van der Waals surface area (Å²) in [5.74, 6) is 0.424. The van der Waals surface area contributed by atoms with Crippen LogP contribution in [0.25, 0.3) is 0 Å². The van der Waals surface area contributed by atoms with Crippen molar-refractivity contribution in [2.45, 2.75) is 13.0 Å². The van der Waals surface area contributed by atoms with Gasteiger partial charge < -0.3 is 4.90 Å². The highest BCUT2D eigenvalue weighted by atomic mass is 79.9. The van der Waals surface area contributed by atoms with Crippen LogP contribution in [0.3, 0.4) is 0 Å². The molecule has 2 aromatic rings. The molecule has 1 aliphatic carbocycles. The molecule has 3 rings (SSSR count). The Morgan fingerprint density at radius 2 is 1.42 bits per heavy atom. The van der Waals surface area contributed by atoms with Crippen molar-refractivity contribution in [1.82, 2.24) is 4.90 Å². The van der Waals surface area contributed by atoms with Crippen LogP contribution in [0.15, 0.2) is 82.6 Å². The maximum atomic E-state index is 3.94. The number of rotatable bonds is 5. The minimum atomic E-state index is -0.535. The minimum absolute atomic E-state index is 0.424. The molecule has 0 saturated carbocycles. The molecular formula is C21H23BrNP. The molecule has 0 saturated heterocycles. The molecule has 1 nitrogen and oxygen atoms in total. The Kier molecular flexibility index (Phi) is 5.71. The van der Waals surface area contributed by atoms with Gasteiger partial charge in [0, 0.05) is 16.4 Å². The normalized spacial score (nSPS) is 18.7. The number of halogens is 1. The average molecular weight is 400 g/mol. The van der Waals surface area contributed by atoms with E-state index < -0.39 is 7.92 Å². The van der Waals surface area contributed by atoms with Gasteiger partial charge in [-0.25, -0.2) is 0 Å². The smallest absolute Gasteiger partial charge is 0.0247 e. The summed E-state index contributed by atoms with van der Waals surface area (Å²) >= 11 is 3.94. The number of benzene rings is 2. The fourth-order valence-electron chi connectivity index (χ4n) is 2.99. The van der Waals surface area contributed by atoms with Crippen LogP contribution in [0, 0.1) is 5.92 Å². The number of nitrogens with zero attached hydrogens (tertiary/aromatic N) is 1. The first kappa shape index (κ1) is 17.6. The van der Waals surface area contributed by atoms with Crippen molar-refractivity contribution in [3.63, 3.8) is 0 Å². The van der Waals surface area contributed by atoms with E-state index in [9.17, 15) is 0 Å². The highest BCUT2D eigenvalue weighted by Crippen LogP contribution is 2.51. The molecule has 0 N–H and O–H groups in total. The van der Waals surface area contributed by atoms with Crippen molar-refractivity contribution >= 4 is 34.5 Å². The lowest BCUT2D eigenvalue weighted by Gasteiger charge is -2.27. The van der Waals surface area contributed by atoms with Crippen LogP contribution in [0.2, 0.25) is 0 Å².